The van der Waals surface area contributed by atoms with Gasteiger partial charge in [-0.15, -0.1) is 0 Å². The van der Waals surface area contributed by atoms with Crippen LogP contribution in [0, 0.1) is 6.92 Å². The van der Waals surface area contributed by atoms with Crippen molar-refractivity contribution in [1.82, 2.24) is 4.98 Å². The normalized spacial score (nSPS) is 12.6. The molecule has 0 amide bonds. The summed E-state index contributed by atoms with van der Waals surface area (Å²) >= 11 is 4.99. The molecule has 2 aromatic rings. The van der Waals surface area contributed by atoms with Crippen molar-refractivity contribution < 1.29 is 14.2 Å². The number of aromatic amines is 1. The van der Waals surface area contributed by atoms with Crippen LogP contribution in [0.4, 0.5) is 0 Å². The van der Waals surface area contributed by atoms with E-state index in [1.807, 2.05) is 6.92 Å². The van der Waals surface area contributed by atoms with Crippen LogP contribution in [0.2, 0.25) is 0 Å². The third kappa shape index (κ3) is 2.27. The van der Waals surface area contributed by atoms with Crippen LogP contribution in [-0.2, 0) is 15.5 Å². The fourth-order valence-electron chi connectivity index (χ4n) is 1.99. The molecule has 0 radical (unpaired) electrons. The molecule has 2 rings (SSSR count). The maximum Gasteiger partial charge on any atom is 0.341 e. The maximum absolute atomic E-state index is 11.2. The van der Waals surface area contributed by atoms with E-state index in [1.54, 1.807) is 18.2 Å². The van der Waals surface area contributed by atoms with Gasteiger partial charge in [0.2, 0.25) is 0 Å². The van der Waals surface area contributed by atoms with Crippen LogP contribution < -0.4 is 5.73 Å². The third-order valence-corrected chi connectivity index (χ3v) is 3.06. The molecule has 1 aromatic heterocycles. The van der Waals surface area contributed by atoms with Crippen LogP contribution in [0.25, 0.3) is 10.9 Å². The topological polar surface area (TPSA) is 88.3 Å². The molecule has 1 atom stereocenters. The number of carbonyl (C=O) groups is 1. The fraction of sp³-hybridized carbons (Fsp3) is 0.250. The minimum atomic E-state index is -0.831. The quantitative estimate of drug-likeness (QED) is 0.791. The molecule has 0 bridgehead atoms. The fourth-order valence-corrected chi connectivity index (χ4v) is 2.11. The van der Waals surface area contributed by atoms with Gasteiger partial charge in [-0.25, -0.2) is 4.79 Å². The first-order valence-electron chi connectivity index (χ1n) is 5.41. The number of aromatic nitrogens is 1. The first-order valence-corrected chi connectivity index (χ1v) is 5.72. The highest BCUT2D eigenvalue weighted by molar-refractivity contribution is 6.13. The van der Waals surface area contributed by atoms with Gasteiger partial charge < -0.3 is 20.1 Å². The number of hydrogen-bond acceptors (Lipinski definition) is 4. The lowest BCUT2D eigenvalue weighted by molar-refractivity contribution is -0.135. The molecule has 1 heterocycles. The van der Waals surface area contributed by atoms with Gasteiger partial charge in [0, 0.05) is 23.0 Å². The molecular weight excluding hydrogens is 256 g/mol. The first-order chi connectivity index (χ1) is 8.52. The maximum atomic E-state index is 11.2. The SMILES string of the molecule is Cc1[nH]c2ccc(O)cc2c1CC(N)C(=O)OCl. The molecule has 5 nitrogen and oxygen atoms in total. The molecule has 1 aromatic carbocycles. The number of rotatable bonds is 3. The summed E-state index contributed by atoms with van der Waals surface area (Å²) in [6, 6.07) is 4.16. The molecule has 0 spiro atoms. The summed E-state index contributed by atoms with van der Waals surface area (Å²) in [5.74, 6) is -0.512. The molecule has 0 aliphatic heterocycles. The molecule has 4 N–H and O–H groups in total. The molecule has 1 unspecified atom stereocenters. The van der Waals surface area contributed by atoms with Gasteiger partial charge in [0.05, 0.1) is 0 Å². The van der Waals surface area contributed by atoms with E-state index >= 15 is 0 Å². The number of aryl methyl sites for hydroxylation is 1. The number of carbonyl (C=O) groups excluding carboxylic acids is 1. The Kier molecular flexibility index (Phi) is 3.45. The van der Waals surface area contributed by atoms with Gasteiger partial charge in [-0.2, -0.15) is 0 Å². The van der Waals surface area contributed by atoms with E-state index in [9.17, 15) is 9.90 Å². The van der Waals surface area contributed by atoms with E-state index in [4.69, 9.17) is 17.6 Å². The van der Waals surface area contributed by atoms with Gasteiger partial charge in [-0.05, 0) is 30.7 Å². The Morgan fingerprint density at radius 3 is 3.00 bits per heavy atom. The van der Waals surface area contributed by atoms with Crippen LogP contribution in [0.3, 0.4) is 0 Å². The predicted octanol–water partition coefficient (Wildman–Crippen LogP) is 1.75. The predicted molar refractivity (Wildman–Crippen MR) is 68.3 cm³/mol. The Balaban J connectivity index is 2.40. The second-order valence-electron chi connectivity index (χ2n) is 4.17. The molecule has 18 heavy (non-hydrogen) atoms. The minimum Gasteiger partial charge on any atom is -0.508 e. The monoisotopic (exact) mass is 268 g/mol. The average Bonchev–Trinajstić information content (AvgIpc) is 2.65. The van der Waals surface area contributed by atoms with E-state index in [2.05, 4.69) is 9.27 Å². The Labute approximate surface area is 109 Å². The Morgan fingerprint density at radius 1 is 1.61 bits per heavy atom. The van der Waals surface area contributed by atoms with Crippen LogP contribution in [-0.4, -0.2) is 22.1 Å². The highest BCUT2D eigenvalue weighted by atomic mass is 35.5. The second-order valence-corrected chi connectivity index (χ2v) is 4.32. The lowest BCUT2D eigenvalue weighted by Crippen LogP contribution is -2.32. The molecule has 0 aliphatic carbocycles. The summed E-state index contributed by atoms with van der Waals surface area (Å²) in [6.07, 6.45) is 0.292. The number of phenolic OH excluding ortho intramolecular Hbond substituents is 1. The number of halogens is 1. The summed E-state index contributed by atoms with van der Waals surface area (Å²) in [6.45, 7) is 1.88. The van der Waals surface area contributed by atoms with Crippen LogP contribution in [0.15, 0.2) is 18.2 Å². The number of phenols is 1. The molecule has 0 aliphatic rings. The number of nitrogens with one attached hydrogen (secondary N) is 1. The standard InChI is InChI=1S/C12H13ClN2O3/c1-6-8(5-10(14)12(17)18-13)9-4-7(16)2-3-11(9)15-6/h2-4,10,15-16H,5,14H2,1H3. The van der Waals surface area contributed by atoms with Crippen molar-refractivity contribution in [3.05, 3.63) is 29.5 Å². The van der Waals surface area contributed by atoms with Crippen LogP contribution >= 0.6 is 11.9 Å². The van der Waals surface area contributed by atoms with E-state index in [-0.39, 0.29) is 5.75 Å². The number of nitrogens with two attached hydrogens (primary N) is 1. The van der Waals surface area contributed by atoms with Crippen molar-refractivity contribution in [2.75, 3.05) is 0 Å². The molecule has 0 saturated carbocycles. The zero-order chi connectivity index (χ0) is 13.3. The smallest absolute Gasteiger partial charge is 0.341 e. The number of benzene rings is 1. The van der Waals surface area contributed by atoms with Gasteiger partial charge in [-0.1, -0.05) is 0 Å². The summed E-state index contributed by atoms with van der Waals surface area (Å²) in [7, 11) is 0. The lowest BCUT2D eigenvalue weighted by Gasteiger charge is -2.07. The summed E-state index contributed by atoms with van der Waals surface area (Å²) in [5.41, 5.74) is 8.33. The van der Waals surface area contributed by atoms with Crippen molar-refractivity contribution >= 4 is 28.7 Å². The molecule has 0 fully saturated rings. The largest absolute Gasteiger partial charge is 0.508 e. The van der Waals surface area contributed by atoms with Crippen molar-refractivity contribution in [1.29, 1.82) is 0 Å². The molecule has 6 heteroatoms. The molecule has 96 valence electrons. The highest BCUT2D eigenvalue weighted by Crippen LogP contribution is 2.26. The molecular formula is C12H13ClN2O3. The van der Waals surface area contributed by atoms with E-state index in [0.29, 0.717) is 6.42 Å². The van der Waals surface area contributed by atoms with Crippen molar-refractivity contribution in [3.8, 4) is 5.75 Å². The van der Waals surface area contributed by atoms with E-state index in [0.717, 1.165) is 22.2 Å². The van der Waals surface area contributed by atoms with Gasteiger partial charge in [0.25, 0.3) is 0 Å². The second kappa shape index (κ2) is 4.88. The Morgan fingerprint density at radius 2 is 2.33 bits per heavy atom. The van der Waals surface area contributed by atoms with Gasteiger partial charge >= 0.3 is 5.97 Å². The minimum absolute atomic E-state index is 0.163. The van der Waals surface area contributed by atoms with Gasteiger partial charge in [-0.3, -0.25) is 0 Å². The number of hydrogen-bond donors (Lipinski definition) is 3. The number of aromatic hydroxyl groups is 1. The molecule has 0 saturated heterocycles. The Hall–Kier alpha value is -1.72. The lowest BCUT2D eigenvalue weighted by atomic mass is 10.0. The van der Waals surface area contributed by atoms with Gasteiger partial charge in [0.15, 0.2) is 0 Å². The number of H-pyrrole nitrogens is 1. The third-order valence-electron chi connectivity index (χ3n) is 2.91. The zero-order valence-corrected chi connectivity index (χ0v) is 10.5. The van der Waals surface area contributed by atoms with Crippen molar-refractivity contribution in [3.63, 3.8) is 0 Å². The van der Waals surface area contributed by atoms with Crippen LogP contribution in [0.1, 0.15) is 11.3 Å². The summed E-state index contributed by atoms with van der Waals surface area (Å²) < 4.78 is 4.09. The van der Waals surface area contributed by atoms with Crippen LogP contribution in [0.5, 0.6) is 5.75 Å². The van der Waals surface area contributed by atoms with E-state index < -0.39 is 12.0 Å². The van der Waals surface area contributed by atoms with Crippen molar-refractivity contribution in [2.45, 2.75) is 19.4 Å². The number of fused-ring (bicyclic) bond motifs is 1. The van der Waals surface area contributed by atoms with Crippen molar-refractivity contribution in [2.24, 2.45) is 5.73 Å². The average molecular weight is 269 g/mol. The summed E-state index contributed by atoms with van der Waals surface area (Å²) in [5, 5.41) is 10.3. The highest BCUT2D eigenvalue weighted by Gasteiger charge is 2.19. The van der Waals surface area contributed by atoms with Gasteiger partial charge in [0.1, 0.15) is 23.7 Å². The zero-order valence-electron chi connectivity index (χ0n) is 9.74. The first kappa shape index (κ1) is 12.7. The Bertz CT molecular complexity index is 594. The summed E-state index contributed by atoms with van der Waals surface area (Å²) in [4.78, 5) is 14.4. The van der Waals surface area contributed by atoms with E-state index in [1.165, 1.54) is 0 Å².